The highest BCUT2D eigenvalue weighted by Gasteiger charge is 2.41. The van der Waals surface area contributed by atoms with E-state index in [2.05, 4.69) is 45.1 Å². The Kier molecular flexibility index (Phi) is 4.28. The maximum Gasteiger partial charge on any atom is 0.151 e. The normalized spacial score (nSPS) is 24.4. The van der Waals surface area contributed by atoms with Gasteiger partial charge in [-0.1, -0.05) is 0 Å². The highest BCUT2D eigenvalue weighted by molar-refractivity contribution is 5.38. The second-order valence-corrected chi connectivity index (χ2v) is 7.97. The smallest absolute Gasteiger partial charge is 0.151 e. The summed E-state index contributed by atoms with van der Waals surface area (Å²) in [7, 11) is 0. The van der Waals surface area contributed by atoms with Crippen LogP contribution < -0.4 is 4.90 Å². The van der Waals surface area contributed by atoms with Crippen molar-refractivity contribution >= 4 is 5.82 Å². The van der Waals surface area contributed by atoms with Gasteiger partial charge in [0.15, 0.2) is 5.82 Å². The first kappa shape index (κ1) is 16.6. The maximum absolute atomic E-state index is 5.88. The summed E-state index contributed by atoms with van der Waals surface area (Å²) in [5, 5.41) is 8.64. The lowest BCUT2D eigenvalue weighted by Crippen LogP contribution is -2.45. The van der Waals surface area contributed by atoms with Gasteiger partial charge < -0.3 is 9.32 Å². The number of anilines is 1. The maximum atomic E-state index is 5.88. The minimum absolute atomic E-state index is 0.390. The summed E-state index contributed by atoms with van der Waals surface area (Å²) < 4.78 is 5.88. The quantitative estimate of drug-likeness (QED) is 0.856. The third-order valence-corrected chi connectivity index (χ3v) is 5.88. The zero-order valence-electron chi connectivity index (χ0n) is 15.6. The average molecular weight is 340 g/mol. The third-order valence-electron chi connectivity index (χ3n) is 5.88. The number of hydrogen-bond donors (Lipinski definition) is 0. The Morgan fingerprint density at radius 3 is 2.68 bits per heavy atom. The van der Waals surface area contributed by atoms with Crippen molar-refractivity contribution in [2.45, 2.75) is 46.6 Å². The van der Waals surface area contributed by atoms with Crippen molar-refractivity contribution in [2.24, 2.45) is 5.41 Å². The molecular formula is C20H28N4O. The first-order valence-corrected chi connectivity index (χ1v) is 9.37. The molecule has 2 aliphatic rings. The fourth-order valence-corrected chi connectivity index (χ4v) is 4.41. The molecule has 1 atom stereocenters. The molecule has 2 saturated heterocycles. The van der Waals surface area contributed by atoms with Gasteiger partial charge in [-0.25, -0.2) is 0 Å². The standard InChI is InChI=1S/C20H28N4O/c1-15-11-18(25-17(15)3)12-23-10-8-20(13-23)7-4-9-24(14-20)19-6-5-16(2)21-22-19/h5-6,11H,4,7-10,12-14H2,1-3H3/t20-/m0/s1. The number of furan rings is 1. The third kappa shape index (κ3) is 3.43. The molecule has 2 aromatic rings. The summed E-state index contributed by atoms with van der Waals surface area (Å²) in [6.45, 7) is 11.6. The summed E-state index contributed by atoms with van der Waals surface area (Å²) in [5.74, 6) is 3.18. The Bertz CT molecular complexity index is 719. The van der Waals surface area contributed by atoms with Crippen LogP contribution in [0.4, 0.5) is 5.82 Å². The Morgan fingerprint density at radius 2 is 1.96 bits per heavy atom. The molecule has 0 radical (unpaired) electrons. The molecule has 2 aromatic heterocycles. The minimum Gasteiger partial charge on any atom is -0.465 e. The van der Waals surface area contributed by atoms with Crippen LogP contribution in [0.2, 0.25) is 0 Å². The lowest BCUT2D eigenvalue weighted by atomic mass is 9.79. The molecule has 0 amide bonds. The largest absolute Gasteiger partial charge is 0.465 e. The Balaban J connectivity index is 1.42. The predicted octanol–water partition coefficient (Wildman–Crippen LogP) is 3.49. The van der Waals surface area contributed by atoms with E-state index in [0.717, 1.165) is 55.8 Å². The van der Waals surface area contributed by atoms with Gasteiger partial charge in [0, 0.05) is 25.0 Å². The highest BCUT2D eigenvalue weighted by Crippen LogP contribution is 2.40. The van der Waals surface area contributed by atoms with Gasteiger partial charge in [-0.3, -0.25) is 4.90 Å². The van der Waals surface area contributed by atoms with E-state index < -0.39 is 0 Å². The number of aryl methyl sites for hydroxylation is 3. The van der Waals surface area contributed by atoms with Crippen LogP contribution >= 0.6 is 0 Å². The molecule has 0 N–H and O–H groups in total. The molecule has 4 heterocycles. The molecule has 2 aliphatic heterocycles. The number of nitrogens with zero attached hydrogens (tertiary/aromatic N) is 4. The van der Waals surface area contributed by atoms with Gasteiger partial charge >= 0.3 is 0 Å². The van der Waals surface area contributed by atoms with Crippen LogP contribution in [-0.2, 0) is 6.54 Å². The van der Waals surface area contributed by atoms with Crippen molar-refractivity contribution in [2.75, 3.05) is 31.1 Å². The molecular weight excluding hydrogens is 312 g/mol. The van der Waals surface area contributed by atoms with Crippen LogP contribution in [0.5, 0.6) is 0 Å². The fourth-order valence-electron chi connectivity index (χ4n) is 4.41. The van der Waals surface area contributed by atoms with Crippen molar-refractivity contribution in [1.82, 2.24) is 15.1 Å². The highest BCUT2D eigenvalue weighted by atomic mass is 16.3. The number of piperidine rings is 1. The Morgan fingerprint density at radius 1 is 1.08 bits per heavy atom. The minimum atomic E-state index is 0.390. The lowest BCUT2D eigenvalue weighted by Gasteiger charge is -2.41. The van der Waals surface area contributed by atoms with E-state index in [0.29, 0.717) is 5.41 Å². The molecule has 0 aromatic carbocycles. The van der Waals surface area contributed by atoms with Crippen molar-refractivity contribution in [3.05, 3.63) is 41.0 Å². The first-order chi connectivity index (χ1) is 12.0. The zero-order chi connectivity index (χ0) is 17.4. The summed E-state index contributed by atoms with van der Waals surface area (Å²) in [4.78, 5) is 4.99. The zero-order valence-corrected chi connectivity index (χ0v) is 15.6. The molecule has 0 unspecified atom stereocenters. The van der Waals surface area contributed by atoms with Crippen molar-refractivity contribution in [3.63, 3.8) is 0 Å². The second-order valence-electron chi connectivity index (χ2n) is 7.97. The number of hydrogen-bond acceptors (Lipinski definition) is 5. The molecule has 5 nitrogen and oxygen atoms in total. The Hall–Kier alpha value is -1.88. The molecule has 0 aliphatic carbocycles. The van der Waals surface area contributed by atoms with Crippen LogP contribution in [-0.4, -0.2) is 41.3 Å². The molecule has 2 fully saturated rings. The van der Waals surface area contributed by atoms with E-state index >= 15 is 0 Å². The van der Waals surface area contributed by atoms with Gasteiger partial charge in [0.2, 0.25) is 0 Å². The van der Waals surface area contributed by atoms with Gasteiger partial charge in [-0.05, 0) is 70.3 Å². The number of likely N-dealkylation sites (tertiary alicyclic amines) is 1. The van der Waals surface area contributed by atoms with Gasteiger partial charge in [0.25, 0.3) is 0 Å². The van der Waals surface area contributed by atoms with Crippen molar-refractivity contribution in [1.29, 1.82) is 0 Å². The van der Waals surface area contributed by atoms with Crippen LogP contribution in [0.15, 0.2) is 22.6 Å². The lowest BCUT2D eigenvalue weighted by molar-refractivity contribution is 0.208. The van der Waals surface area contributed by atoms with E-state index in [1.54, 1.807) is 0 Å². The van der Waals surface area contributed by atoms with Crippen LogP contribution in [0.25, 0.3) is 0 Å². The number of rotatable bonds is 3. The molecule has 0 bridgehead atoms. The summed E-state index contributed by atoms with van der Waals surface area (Å²) in [6.07, 6.45) is 3.82. The Labute approximate surface area is 150 Å². The SMILES string of the molecule is Cc1ccc(N2CCC[C@@]3(CCN(Cc4cc(C)c(C)o4)C3)C2)nn1. The molecule has 0 saturated carbocycles. The van der Waals surface area contributed by atoms with E-state index in [4.69, 9.17) is 4.42 Å². The molecule has 134 valence electrons. The van der Waals surface area contributed by atoms with E-state index in [9.17, 15) is 0 Å². The summed E-state index contributed by atoms with van der Waals surface area (Å²) in [6, 6.07) is 6.37. The second kappa shape index (κ2) is 6.45. The summed E-state index contributed by atoms with van der Waals surface area (Å²) >= 11 is 0. The molecule has 1 spiro atoms. The van der Waals surface area contributed by atoms with Crippen LogP contribution in [0.3, 0.4) is 0 Å². The first-order valence-electron chi connectivity index (χ1n) is 9.37. The van der Waals surface area contributed by atoms with Gasteiger partial charge in [0.1, 0.15) is 11.5 Å². The van der Waals surface area contributed by atoms with Crippen LogP contribution in [0.1, 0.15) is 42.0 Å². The molecule has 5 heteroatoms. The average Bonchev–Trinajstić information content (AvgIpc) is 3.11. The van der Waals surface area contributed by atoms with Crippen molar-refractivity contribution < 1.29 is 4.42 Å². The van der Waals surface area contributed by atoms with Crippen molar-refractivity contribution in [3.8, 4) is 0 Å². The molecule has 4 rings (SSSR count). The monoisotopic (exact) mass is 340 g/mol. The van der Waals surface area contributed by atoms with Crippen LogP contribution in [0, 0.1) is 26.2 Å². The summed E-state index contributed by atoms with van der Waals surface area (Å²) in [5.41, 5.74) is 2.62. The van der Waals surface area contributed by atoms with E-state index in [-0.39, 0.29) is 0 Å². The predicted molar refractivity (Wildman–Crippen MR) is 98.7 cm³/mol. The van der Waals surface area contributed by atoms with Gasteiger partial charge in [-0.15, -0.1) is 5.10 Å². The number of aromatic nitrogens is 2. The van der Waals surface area contributed by atoms with Gasteiger partial charge in [0.05, 0.1) is 12.2 Å². The topological polar surface area (TPSA) is 45.4 Å². The van der Waals surface area contributed by atoms with E-state index in [1.807, 2.05) is 13.8 Å². The van der Waals surface area contributed by atoms with Gasteiger partial charge in [-0.2, -0.15) is 5.10 Å². The fraction of sp³-hybridized carbons (Fsp3) is 0.600. The molecule has 25 heavy (non-hydrogen) atoms. The van der Waals surface area contributed by atoms with E-state index in [1.165, 1.54) is 24.8 Å².